The molecule has 0 aliphatic rings. The Morgan fingerprint density at radius 3 is 2.62 bits per heavy atom. The van der Waals surface area contributed by atoms with Gasteiger partial charge in [-0.25, -0.2) is 0 Å². The molecule has 0 aliphatic carbocycles. The maximum atomic E-state index is 9.83. The summed E-state index contributed by atoms with van der Waals surface area (Å²) in [5.41, 5.74) is 0. The minimum Gasteiger partial charge on any atom is -0.389 e. The van der Waals surface area contributed by atoms with Gasteiger partial charge >= 0.3 is 0 Å². The smallest absolute Gasteiger partial charge is 0.191 e. The Kier molecular flexibility index (Phi) is 14.2. The molecule has 0 aromatic carbocycles. The quantitative estimate of drug-likeness (QED) is 0.290. The van der Waals surface area contributed by atoms with Crippen molar-refractivity contribution in [1.82, 2.24) is 10.6 Å². The Balaban J connectivity index is 3.90. The number of guanidine groups is 1. The summed E-state index contributed by atoms with van der Waals surface area (Å²) in [6.45, 7) is 9.32. The predicted octanol–water partition coefficient (Wildman–Crippen LogP) is 1.72. The van der Waals surface area contributed by atoms with Crippen LogP contribution in [0.3, 0.4) is 0 Å². The average molecular weight is 320 g/mol. The van der Waals surface area contributed by atoms with Crippen molar-refractivity contribution in [3.8, 4) is 0 Å². The number of rotatable bonds is 12. The van der Waals surface area contributed by atoms with E-state index in [0.29, 0.717) is 25.7 Å². The molecule has 5 nitrogen and oxygen atoms in total. The van der Waals surface area contributed by atoms with Gasteiger partial charge in [-0.05, 0) is 37.7 Å². The lowest BCUT2D eigenvalue weighted by Gasteiger charge is -2.14. The monoisotopic (exact) mass is 319 g/mol. The van der Waals surface area contributed by atoms with Gasteiger partial charge in [-0.3, -0.25) is 4.99 Å². The summed E-state index contributed by atoms with van der Waals surface area (Å²) in [4.78, 5) is 4.39. The van der Waals surface area contributed by atoms with E-state index in [4.69, 9.17) is 4.74 Å². The van der Waals surface area contributed by atoms with Gasteiger partial charge in [-0.1, -0.05) is 13.8 Å². The van der Waals surface area contributed by atoms with Crippen LogP contribution < -0.4 is 10.6 Å². The van der Waals surface area contributed by atoms with Crippen LogP contribution in [0.4, 0.5) is 0 Å². The fraction of sp³-hybridized carbons (Fsp3) is 0.933. The summed E-state index contributed by atoms with van der Waals surface area (Å²) in [7, 11) is 0. The number of aliphatic hydroxyl groups excluding tert-OH is 1. The minimum absolute atomic E-state index is 0.342. The van der Waals surface area contributed by atoms with Crippen LogP contribution in [0.5, 0.6) is 0 Å². The first-order valence-electron chi connectivity index (χ1n) is 7.87. The van der Waals surface area contributed by atoms with Crippen molar-refractivity contribution in [1.29, 1.82) is 0 Å². The fourth-order valence-electron chi connectivity index (χ4n) is 1.61. The first-order valence-corrected chi connectivity index (χ1v) is 9.26. The largest absolute Gasteiger partial charge is 0.389 e. The fourth-order valence-corrected chi connectivity index (χ4v) is 2.10. The first-order chi connectivity index (χ1) is 10.1. The Morgan fingerprint density at radius 1 is 1.24 bits per heavy atom. The highest BCUT2D eigenvalue weighted by Crippen LogP contribution is 1.98. The number of nitrogens with zero attached hydrogens (tertiary/aromatic N) is 1. The van der Waals surface area contributed by atoms with E-state index in [1.807, 2.05) is 18.7 Å². The standard InChI is InChI=1S/C15H33N3O2S/c1-5-16-15(17-8-6-7-9-21-4)18-10-14(19)12-20-11-13(2)3/h13-14,19H,5-12H2,1-4H3,(H2,16,17,18). The van der Waals surface area contributed by atoms with Crippen molar-refractivity contribution < 1.29 is 9.84 Å². The molecule has 0 bridgehead atoms. The number of ether oxygens (including phenoxy) is 1. The molecular weight excluding hydrogens is 286 g/mol. The third-order valence-corrected chi connectivity index (χ3v) is 3.33. The predicted molar refractivity (Wildman–Crippen MR) is 93.3 cm³/mol. The molecule has 6 heteroatoms. The number of hydrogen-bond acceptors (Lipinski definition) is 4. The van der Waals surface area contributed by atoms with E-state index in [1.54, 1.807) is 0 Å². The summed E-state index contributed by atoms with van der Waals surface area (Å²) >= 11 is 1.87. The van der Waals surface area contributed by atoms with Crippen molar-refractivity contribution in [3.05, 3.63) is 0 Å². The highest BCUT2D eigenvalue weighted by Gasteiger charge is 2.05. The molecule has 0 aromatic rings. The van der Waals surface area contributed by atoms with Gasteiger partial charge < -0.3 is 20.5 Å². The van der Waals surface area contributed by atoms with Gasteiger partial charge in [0.05, 0.1) is 19.3 Å². The lowest BCUT2D eigenvalue weighted by atomic mass is 10.2. The Morgan fingerprint density at radius 2 is 2.00 bits per heavy atom. The van der Waals surface area contributed by atoms with Crippen LogP contribution in [-0.4, -0.2) is 62.0 Å². The average Bonchev–Trinajstić information content (AvgIpc) is 2.44. The summed E-state index contributed by atoms with van der Waals surface area (Å²) in [6, 6.07) is 0. The molecule has 21 heavy (non-hydrogen) atoms. The van der Waals surface area contributed by atoms with E-state index in [-0.39, 0.29) is 0 Å². The van der Waals surface area contributed by atoms with Crippen LogP contribution in [-0.2, 0) is 4.74 Å². The van der Waals surface area contributed by atoms with Crippen LogP contribution in [0, 0.1) is 5.92 Å². The maximum Gasteiger partial charge on any atom is 0.191 e. The molecule has 3 N–H and O–H groups in total. The van der Waals surface area contributed by atoms with Crippen LogP contribution in [0.15, 0.2) is 4.99 Å². The van der Waals surface area contributed by atoms with E-state index < -0.39 is 6.10 Å². The van der Waals surface area contributed by atoms with E-state index in [0.717, 1.165) is 25.5 Å². The maximum absolute atomic E-state index is 9.83. The zero-order chi connectivity index (χ0) is 15.9. The number of thioether (sulfide) groups is 1. The molecule has 0 heterocycles. The number of unbranched alkanes of at least 4 members (excludes halogenated alkanes) is 1. The van der Waals surface area contributed by atoms with Gasteiger partial charge in [0.1, 0.15) is 0 Å². The third kappa shape index (κ3) is 14.2. The molecule has 0 aromatic heterocycles. The SMILES string of the molecule is CCNC(=NCC(O)COCC(C)C)NCCCCSC. The normalized spacial score (nSPS) is 13.5. The number of aliphatic imine (C=N–C) groups is 1. The van der Waals surface area contributed by atoms with Gasteiger partial charge in [0.15, 0.2) is 5.96 Å². The van der Waals surface area contributed by atoms with Crippen LogP contribution in [0.2, 0.25) is 0 Å². The van der Waals surface area contributed by atoms with Gasteiger partial charge in [-0.15, -0.1) is 0 Å². The topological polar surface area (TPSA) is 65.9 Å². The summed E-state index contributed by atoms with van der Waals surface area (Å²) < 4.78 is 5.41. The lowest BCUT2D eigenvalue weighted by molar-refractivity contribution is 0.0301. The molecule has 126 valence electrons. The van der Waals surface area contributed by atoms with Gasteiger partial charge in [0, 0.05) is 19.7 Å². The molecule has 0 radical (unpaired) electrons. The van der Waals surface area contributed by atoms with E-state index >= 15 is 0 Å². The summed E-state index contributed by atoms with van der Waals surface area (Å²) in [5.74, 6) is 2.45. The molecule has 1 atom stereocenters. The van der Waals surface area contributed by atoms with Crippen LogP contribution in [0.25, 0.3) is 0 Å². The second-order valence-corrected chi connectivity index (χ2v) is 6.42. The second-order valence-electron chi connectivity index (χ2n) is 5.43. The lowest BCUT2D eigenvalue weighted by Crippen LogP contribution is -2.38. The Bertz CT molecular complexity index is 263. The highest BCUT2D eigenvalue weighted by molar-refractivity contribution is 7.98. The molecule has 0 aliphatic heterocycles. The van der Waals surface area contributed by atoms with Gasteiger partial charge in [-0.2, -0.15) is 11.8 Å². The summed E-state index contributed by atoms with van der Waals surface area (Å²) in [6.07, 6.45) is 3.92. The zero-order valence-electron chi connectivity index (χ0n) is 14.0. The molecular formula is C15H33N3O2S. The molecule has 0 saturated heterocycles. The van der Waals surface area contributed by atoms with Gasteiger partial charge in [0.2, 0.25) is 0 Å². The summed E-state index contributed by atoms with van der Waals surface area (Å²) in [5, 5.41) is 16.3. The molecule has 0 amide bonds. The van der Waals surface area contributed by atoms with Crippen molar-refractivity contribution in [2.75, 3.05) is 44.9 Å². The van der Waals surface area contributed by atoms with Crippen molar-refractivity contribution in [2.45, 2.75) is 39.7 Å². The van der Waals surface area contributed by atoms with E-state index in [2.05, 4.69) is 35.7 Å². The van der Waals surface area contributed by atoms with Crippen LogP contribution >= 0.6 is 11.8 Å². The molecule has 0 spiro atoms. The van der Waals surface area contributed by atoms with Crippen molar-refractivity contribution >= 4 is 17.7 Å². The minimum atomic E-state index is -0.546. The Hall–Kier alpha value is -0.460. The van der Waals surface area contributed by atoms with E-state index in [9.17, 15) is 5.11 Å². The van der Waals surface area contributed by atoms with E-state index in [1.165, 1.54) is 12.2 Å². The Labute approximate surface area is 134 Å². The molecule has 0 saturated carbocycles. The number of aliphatic hydroxyl groups is 1. The number of hydrogen-bond donors (Lipinski definition) is 3. The zero-order valence-corrected chi connectivity index (χ0v) is 14.8. The molecule has 0 fully saturated rings. The van der Waals surface area contributed by atoms with Gasteiger partial charge in [0.25, 0.3) is 0 Å². The second kappa shape index (κ2) is 14.5. The molecule has 1 unspecified atom stereocenters. The first kappa shape index (κ1) is 20.5. The highest BCUT2D eigenvalue weighted by atomic mass is 32.2. The third-order valence-electron chi connectivity index (χ3n) is 2.63. The molecule has 0 rings (SSSR count). The van der Waals surface area contributed by atoms with Crippen LogP contribution in [0.1, 0.15) is 33.6 Å². The van der Waals surface area contributed by atoms with Crippen molar-refractivity contribution in [2.24, 2.45) is 10.9 Å². The number of nitrogens with one attached hydrogen (secondary N) is 2. The van der Waals surface area contributed by atoms with Crippen molar-refractivity contribution in [3.63, 3.8) is 0 Å².